The number of ketones is 1. The van der Waals surface area contributed by atoms with Crippen LogP contribution in [0.3, 0.4) is 0 Å². The standard InChI is InChI=1S/C25H32O5P/c1-15-11-20(29-7)23(21(12-15)30-8)19(26)9-10-31(28)24(27)22-16(2)13-18(14-17(22)3)25(4,5)6/h11-14H,9-10H2,1-8H3/q+1. The molecule has 0 saturated carbocycles. The minimum atomic E-state index is -2.24. The highest BCUT2D eigenvalue weighted by Crippen LogP contribution is 2.36. The minimum Gasteiger partial charge on any atom is -0.496 e. The van der Waals surface area contributed by atoms with Crippen molar-refractivity contribution >= 4 is 19.1 Å². The van der Waals surface area contributed by atoms with Crippen LogP contribution in [-0.4, -0.2) is 31.7 Å². The Labute approximate surface area is 185 Å². The van der Waals surface area contributed by atoms with E-state index in [4.69, 9.17) is 9.47 Å². The SMILES string of the molecule is COc1cc(C)cc(OC)c1C(=O)CC[P+](=O)C(=O)c1c(C)cc(C(C)(C)C)cc1C. The number of hydrogen-bond acceptors (Lipinski definition) is 5. The molecule has 1 atom stereocenters. The summed E-state index contributed by atoms with van der Waals surface area (Å²) in [7, 11) is 0.739. The fourth-order valence-electron chi connectivity index (χ4n) is 3.61. The Morgan fingerprint density at radius 2 is 1.35 bits per heavy atom. The predicted molar refractivity (Wildman–Crippen MR) is 125 cm³/mol. The Morgan fingerprint density at radius 3 is 1.77 bits per heavy atom. The van der Waals surface area contributed by atoms with E-state index in [-0.39, 0.29) is 23.8 Å². The van der Waals surface area contributed by atoms with Gasteiger partial charge in [-0.25, -0.2) is 4.79 Å². The summed E-state index contributed by atoms with van der Waals surface area (Å²) < 4.78 is 23.5. The van der Waals surface area contributed by atoms with Crippen molar-refractivity contribution < 1.29 is 23.6 Å². The van der Waals surface area contributed by atoms with Gasteiger partial charge in [0.05, 0.1) is 26.2 Å². The number of Topliss-reactive ketones (excluding diaryl/α,β-unsaturated/α-hetero) is 1. The Kier molecular flexibility index (Phi) is 7.77. The molecule has 2 rings (SSSR count). The van der Waals surface area contributed by atoms with Crippen molar-refractivity contribution in [2.24, 2.45) is 0 Å². The van der Waals surface area contributed by atoms with Gasteiger partial charge < -0.3 is 9.47 Å². The molecule has 5 nitrogen and oxygen atoms in total. The van der Waals surface area contributed by atoms with E-state index >= 15 is 0 Å². The first kappa shape index (κ1) is 24.7. The van der Waals surface area contributed by atoms with E-state index in [0.717, 1.165) is 22.3 Å². The molecule has 166 valence electrons. The molecular formula is C25H32O5P+. The largest absolute Gasteiger partial charge is 0.496 e. The molecule has 6 heteroatoms. The van der Waals surface area contributed by atoms with Gasteiger partial charge in [0.1, 0.15) is 17.1 Å². The van der Waals surface area contributed by atoms with Gasteiger partial charge >= 0.3 is 13.3 Å². The van der Waals surface area contributed by atoms with E-state index in [0.29, 0.717) is 22.6 Å². The monoisotopic (exact) mass is 443 g/mol. The zero-order valence-corrected chi connectivity index (χ0v) is 20.6. The van der Waals surface area contributed by atoms with Crippen molar-refractivity contribution in [3.05, 3.63) is 57.6 Å². The van der Waals surface area contributed by atoms with Crippen LogP contribution in [0.25, 0.3) is 0 Å². The third kappa shape index (κ3) is 5.59. The number of methoxy groups -OCH3 is 2. The molecule has 0 aliphatic rings. The molecule has 0 aliphatic carbocycles. The van der Waals surface area contributed by atoms with Crippen molar-refractivity contribution in [1.82, 2.24) is 0 Å². The summed E-state index contributed by atoms with van der Waals surface area (Å²) in [4.78, 5) is 25.8. The van der Waals surface area contributed by atoms with Gasteiger partial charge in [0.15, 0.2) is 11.9 Å². The smallest absolute Gasteiger partial charge is 0.420 e. The second-order valence-corrected chi connectivity index (χ2v) is 10.5. The van der Waals surface area contributed by atoms with Crippen LogP contribution in [-0.2, 0) is 9.98 Å². The number of benzene rings is 2. The van der Waals surface area contributed by atoms with Crippen LogP contribution in [0.4, 0.5) is 0 Å². The second kappa shape index (κ2) is 9.74. The molecule has 0 amide bonds. The highest BCUT2D eigenvalue weighted by Gasteiger charge is 2.34. The Hall–Kier alpha value is -2.52. The summed E-state index contributed by atoms with van der Waals surface area (Å²) in [6.45, 7) is 12.0. The third-order valence-electron chi connectivity index (χ3n) is 5.31. The molecule has 0 aliphatic heterocycles. The second-order valence-electron chi connectivity index (χ2n) is 8.86. The van der Waals surface area contributed by atoms with Gasteiger partial charge in [-0.1, -0.05) is 37.5 Å². The molecule has 0 fully saturated rings. The molecule has 1 unspecified atom stereocenters. The van der Waals surface area contributed by atoms with Gasteiger partial charge in [0.2, 0.25) is 0 Å². The lowest BCUT2D eigenvalue weighted by molar-refractivity contribution is 0.0983. The van der Waals surface area contributed by atoms with Gasteiger partial charge in [-0.15, -0.1) is 0 Å². The van der Waals surface area contributed by atoms with Crippen LogP contribution in [0, 0.1) is 20.8 Å². The number of ether oxygens (including phenoxy) is 2. The zero-order chi connectivity index (χ0) is 23.5. The lowest BCUT2D eigenvalue weighted by Crippen LogP contribution is -2.14. The normalized spacial score (nSPS) is 11.8. The van der Waals surface area contributed by atoms with E-state index in [2.05, 4.69) is 20.8 Å². The van der Waals surface area contributed by atoms with Gasteiger partial charge in [0.25, 0.3) is 0 Å². The molecule has 0 radical (unpaired) electrons. The van der Waals surface area contributed by atoms with E-state index in [1.54, 1.807) is 12.1 Å². The van der Waals surface area contributed by atoms with Crippen LogP contribution < -0.4 is 9.47 Å². The van der Waals surface area contributed by atoms with Crippen molar-refractivity contribution in [2.45, 2.75) is 53.4 Å². The fourth-order valence-corrected chi connectivity index (χ4v) is 4.82. The first-order valence-electron chi connectivity index (χ1n) is 10.3. The quantitative estimate of drug-likeness (QED) is 0.361. The molecule has 2 aromatic rings. The van der Waals surface area contributed by atoms with Gasteiger partial charge in [-0.3, -0.25) is 4.79 Å². The molecular weight excluding hydrogens is 411 g/mol. The maximum absolute atomic E-state index is 12.9. The molecule has 31 heavy (non-hydrogen) atoms. The number of carbonyl (C=O) groups is 2. The van der Waals surface area contributed by atoms with Crippen molar-refractivity contribution in [1.29, 1.82) is 0 Å². The van der Waals surface area contributed by atoms with Crippen LogP contribution in [0.1, 0.15) is 70.2 Å². The van der Waals surface area contributed by atoms with E-state index in [1.807, 2.05) is 32.9 Å². The summed E-state index contributed by atoms with van der Waals surface area (Å²) in [6, 6.07) is 7.47. The van der Waals surface area contributed by atoms with Crippen molar-refractivity contribution in [2.75, 3.05) is 20.4 Å². The minimum absolute atomic E-state index is 0.0207. The molecule has 0 aromatic heterocycles. The fraction of sp³-hybridized carbons (Fsp3) is 0.440. The lowest BCUT2D eigenvalue weighted by atomic mass is 9.84. The summed E-state index contributed by atoms with van der Waals surface area (Å²) in [5, 5.41) is 0. The Morgan fingerprint density at radius 1 is 0.871 bits per heavy atom. The average molecular weight is 444 g/mol. The van der Waals surface area contributed by atoms with Gasteiger partial charge in [0, 0.05) is 0 Å². The summed E-state index contributed by atoms with van der Waals surface area (Å²) >= 11 is 0. The number of rotatable bonds is 8. The third-order valence-corrected chi connectivity index (χ3v) is 6.62. The van der Waals surface area contributed by atoms with Crippen molar-refractivity contribution in [3.8, 4) is 11.5 Å². The van der Waals surface area contributed by atoms with Crippen LogP contribution >= 0.6 is 7.80 Å². The predicted octanol–water partition coefficient (Wildman–Crippen LogP) is 6.17. The summed E-state index contributed by atoms with van der Waals surface area (Å²) in [5.74, 6) is 0.557. The molecule has 0 spiro atoms. The van der Waals surface area contributed by atoms with E-state index < -0.39 is 13.3 Å². The summed E-state index contributed by atoms with van der Waals surface area (Å²) in [5.41, 5.74) is 4.01. The maximum atomic E-state index is 12.9. The van der Waals surface area contributed by atoms with E-state index in [9.17, 15) is 14.2 Å². The van der Waals surface area contributed by atoms with Crippen molar-refractivity contribution in [3.63, 3.8) is 0 Å². The first-order valence-corrected chi connectivity index (χ1v) is 11.7. The first-order chi connectivity index (χ1) is 14.4. The number of aryl methyl sites for hydroxylation is 3. The van der Waals surface area contributed by atoms with Gasteiger partial charge in [-0.05, 0) is 60.6 Å². The van der Waals surface area contributed by atoms with E-state index in [1.165, 1.54) is 14.2 Å². The highest BCUT2D eigenvalue weighted by atomic mass is 31.1. The Bertz CT molecular complexity index is 983. The molecule has 0 bridgehead atoms. The van der Waals surface area contributed by atoms with Gasteiger partial charge in [-0.2, -0.15) is 0 Å². The number of carbonyl (C=O) groups excluding carboxylic acids is 2. The zero-order valence-electron chi connectivity index (χ0n) is 19.7. The summed E-state index contributed by atoms with van der Waals surface area (Å²) in [6.07, 6.45) is -0.0536. The molecule has 0 heterocycles. The van der Waals surface area contributed by atoms with Crippen LogP contribution in [0.5, 0.6) is 11.5 Å². The number of hydrogen-bond donors (Lipinski definition) is 0. The maximum Gasteiger partial charge on any atom is 0.420 e. The molecule has 0 saturated heterocycles. The average Bonchev–Trinajstić information content (AvgIpc) is 2.69. The molecule has 0 N–H and O–H groups in total. The topological polar surface area (TPSA) is 69.7 Å². The lowest BCUT2D eigenvalue weighted by Gasteiger charge is -2.21. The van der Waals surface area contributed by atoms with Crippen LogP contribution in [0.15, 0.2) is 24.3 Å². The van der Waals surface area contributed by atoms with Crippen LogP contribution in [0.2, 0.25) is 0 Å². The highest BCUT2D eigenvalue weighted by molar-refractivity contribution is 7.64. The molecule has 2 aromatic carbocycles. The Balaban J connectivity index is 2.23.